The molecule has 1 unspecified atom stereocenters. The highest BCUT2D eigenvalue weighted by atomic mass is 16.1. The van der Waals surface area contributed by atoms with E-state index in [0.29, 0.717) is 12.3 Å². The molecule has 0 saturated carbocycles. The van der Waals surface area contributed by atoms with E-state index in [9.17, 15) is 4.79 Å². The number of carbonyl (C=O) groups is 1. The lowest BCUT2D eigenvalue weighted by atomic mass is 10.1. The summed E-state index contributed by atoms with van der Waals surface area (Å²) in [7, 11) is 0. The molecule has 3 nitrogen and oxygen atoms in total. The average Bonchev–Trinajstić information content (AvgIpc) is 2.10. The van der Waals surface area contributed by atoms with E-state index in [-0.39, 0.29) is 11.9 Å². The van der Waals surface area contributed by atoms with Crippen LogP contribution >= 0.6 is 0 Å². The van der Waals surface area contributed by atoms with E-state index in [1.807, 2.05) is 13.8 Å². The maximum absolute atomic E-state index is 11.2. The Morgan fingerprint density at radius 2 is 1.93 bits per heavy atom. The van der Waals surface area contributed by atoms with Gasteiger partial charge in [-0.15, -0.1) is 0 Å². The van der Waals surface area contributed by atoms with Crippen LogP contribution in [0.5, 0.6) is 0 Å². The molecule has 0 aliphatic carbocycles. The maximum Gasteiger partial charge on any atom is 0.221 e. The van der Waals surface area contributed by atoms with E-state index in [2.05, 4.69) is 24.5 Å². The van der Waals surface area contributed by atoms with Crippen molar-refractivity contribution in [2.75, 3.05) is 13.1 Å². The van der Waals surface area contributed by atoms with Crippen molar-refractivity contribution in [2.45, 2.75) is 46.6 Å². The highest BCUT2D eigenvalue weighted by Crippen LogP contribution is 1.96. The molecule has 3 heteroatoms. The van der Waals surface area contributed by atoms with Crippen LogP contribution in [0.4, 0.5) is 0 Å². The van der Waals surface area contributed by atoms with Gasteiger partial charge in [0, 0.05) is 19.0 Å². The quantitative estimate of drug-likeness (QED) is 0.612. The maximum atomic E-state index is 11.2. The molecular weight excluding hydrogens is 176 g/mol. The minimum absolute atomic E-state index is 0.136. The zero-order valence-corrected chi connectivity index (χ0v) is 9.89. The molecule has 1 amide bonds. The fourth-order valence-corrected chi connectivity index (χ4v) is 1.09. The summed E-state index contributed by atoms with van der Waals surface area (Å²) >= 11 is 0. The Balaban J connectivity index is 3.31. The predicted molar refractivity (Wildman–Crippen MR) is 60.2 cm³/mol. The Morgan fingerprint density at radius 1 is 1.29 bits per heavy atom. The number of hydrogen-bond donors (Lipinski definition) is 2. The van der Waals surface area contributed by atoms with Crippen LogP contribution in [0.3, 0.4) is 0 Å². The summed E-state index contributed by atoms with van der Waals surface area (Å²) in [6, 6.07) is 0.247. The number of rotatable bonds is 7. The monoisotopic (exact) mass is 200 g/mol. The van der Waals surface area contributed by atoms with E-state index in [4.69, 9.17) is 0 Å². The SMILES string of the molecule is CCC(C)CNCCC(=O)NC(C)C. The third-order valence-electron chi connectivity index (χ3n) is 2.17. The Hall–Kier alpha value is -0.570. The molecule has 14 heavy (non-hydrogen) atoms. The summed E-state index contributed by atoms with van der Waals surface area (Å²) in [6.45, 7) is 10.1. The molecule has 0 rings (SSSR count). The molecule has 0 aliphatic heterocycles. The van der Waals surface area contributed by atoms with E-state index < -0.39 is 0 Å². The van der Waals surface area contributed by atoms with Gasteiger partial charge in [-0.3, -0.25) is 4.79 Å². The molecule has 0 aromatic carbocycles. The largest absolute Gasteiger partial charge is 0.354 e. The van der Waals surface area contributed by atoms with Gasteiger partial charge in [-0.2, -0.15) is 0 Å². The lowest BCUT2D eigenvalue weighted by Crippen LogP contribution is -2.33. The van der Waals surface area contributed by atoms with Gasteiger partial charge in [0.15, 0.2) is 0 Å². The highest BCUT2D eigenvalue weighted by molar-refractivity contribution is 5.76. The van der Waals surface area contributed by atoms with Crippen molar-refractivity contribution >= 4 is 5.91 Å². The molecule has 0 spiro atoms. The van der Waals surface area contributed by atoms with Crippen molar-refractivity contribution in [1.29, 1.82) is 0 Å². The van der Waals surface area contributed by atoms with Crippen LogP contribution in [0.1, 0.15) is 40.5 Å². The van der Waals surface area contributed by atoms with Gasteiger partial charge < -0.3 is 10.6 Å². The Kier molecular flexibility index (Phi) is 7.48. The Labute approximate surface area is 87.6 Å². The topological polar surface area (TPSA) is 41.1 Å². The molecule has 0 aliphatic rings. The zero-order valence-electron chi connectivity index (χ0n) is 9.89. The second-order valence-corrected chi connectivity index (χ2v) is 4.19. The number of nitrogens with one attached hydrogen (secondary N) is 2. The predicted octanol–water partition coefficient (Wildman–Crippen LogP) is 1.54. The van der Waals surface area contributed by atoms with Gasteiger partial charge in [-0.25, -0.2) is 0 Å². The normalized spacial score (nSPS) is 12.9. The molecule has 0 aromatic rings. The summed E-state index contributed by atoms with van der Waals surface area (Å²) in [6.07, 6.45) is 1.76. The number of hydrogen-bond acceptors (Lipinski definition) is 2. The molecule has 0 bridgehead atoms. The smallest absolute Gasteiger partial charge is 0.221 e. The molecule has 0 saturated heterocycles. The van der Waals surface area contributed by atoms with Gasteiger partial charge in [0.2, 0.25) is 5.91 Å². The summed E-state index contributed by atoms with van der Waals surface area (Å²) in [5, 5.41) is 6.15. The van der Waals surface area contributed by atoms with Crippen molar-refractivity contribution in [2.24, 2.45) is 5.92 Å². The molecule has 0 fully saturated rings. The minimum Gasteiger partial charge on any atom is -0.354 e. The molecule has 0 heterocycles. The van der Waals surface area contributed by atoms with Crippen LogP contribution < -0.4 is 10.6 Å². The lowest BCUT2D eigenvalue weighted by Gasteiger charge is -2.11. The van der Waals surface area contributed by atoms with Crippen LogP contribution in [0, 0.1) is 5.92 Å². The first kappa shape index (κ1) is 13.4. The summed E-state index contributed by atoms with van der Waals surface area (Å²) in [5.41, 5.74) is 0. The van der Waals surface area contributed by atoms with Crippen LogP contribution in [0.2, 0.25) is 0 Å². The van der Waals surface area contributed by atoms with Gasteiger partial charge in [-0.1, -0.05) is 20.3 Å². The van der Waals surface area contributed by atoms with E-state index >= 15 is 0 Å². The standard InChI is InChI=1S/C11H24N2O/c1-5-10(4)8-12-7-6-11(14)13-9(2)3/h9-10,12H,5-8H2,1-4H3,(H,13,14). The Morgan fingerprint density at radius 3 is 2.43 bits per heavy atom. The number of amides is 1. The second-order valence-electron chi connectivity index (χ2n) is 4.19. The highest BCUT2D eigenvalue weighted by Gasteiger charge is 2.02. The lowest BCUT2D eigenvalue weighted by molar-refractivity contribution is -0.121. The first-order valence-corrected chi connectivity index (χ1v) is 5.56. The first-order chi connectivity index (χ1) is 6.56. The van der Waals surface area contributed by atoms with Gasteiger partial charge in [0.25, 0.3) is 0 Å². The van der Waals surface area contributed by atoms with Gasteiger partial charge in [-0.05, 0) is 26.3 Å². The molecular formula is C11H24N2O. The van der Waals surface area contributed by atoms with Crippen LogP contribution in [-0.4, -0.2) is 25.0 Å². The fourth-order valence-electron chi connectivity index (χ4n) is 1.09. The van der Waals surface area contributed by atoms with Crippen LogP contribution in [0.25, 0.3) is 0 Å². The van der Waals surface area contributed by atoms with Gasteiger partial charge >= 0.3 is 0 Å². The number of carbonyl (C=O) groups excluding carboxylic acids is 1. The van der Waals surface area contributed by atoms with E-state index in [1.165, 1.54) is 6.42 Å². The molecule has 84 valence electrons. The summed E-state index contributed by atoms with van der Waals surface area (Å²) in [4.78, 5) is 11.2. The Bertz CT molecular complexity index is 157. The summed E-state index contributed by atoms with van der Waals surface area (Å²) in [5.74, 6) is 0.833. The van der Waals surface area contributed by atoms with Gasteiger partial charge in [0.1, 0.15) is 0 Å². The minimum atomic E-state index is 0.136. The van der Waals surface area contributed by atoms with E-state index in [0.717, 1.165) is 13.1 Å². The van der Waals surface area contributed by atoms with Crippen molar-refractivity contribution in [3.63, 3.8) is 0 Å². The third kappa shape index (κ3) is 8.05. The molecule has 0 aromatic heterocycles. The van der Waals surface area contributed by atoms with Crippen LogP contribution in [0.15, 0.2) is 0 Å². The fraction of sp³-hybridized carbons (Fsp3) is 0.909. The average molecular weight is 200 g/mol. The van der Waals surface area contributed by atoms with Crippen molar-refractivity contribution < 1.29 is 4.79 Å². The first-order valence-electron chi connectivity index (χ1n) is 5.56. The molecule has 0 radical (unpaired) electrons. The van der Waals surface area contributed by atoms with E-state index in [1.54, 1.807) is 0 Å². The van der Waals surface area contributed by atoms with Crippen LogP contribution in [-0.2, 0) is 4.79 Å². The van der Waals surface area contributed by atoms with Crippen molar-refractivity contribution in [3.8, 4) is 0 Å². The van der Waals surface area contributed by atoms with Crippen molar-refractivity contribution in [3.05, 3.63) is 0 Å². The van der Waals surface area contributed by atoms with Crippen molar-refractivity contribution in [1.82, 2.24) is 10.6 Å². The molecule has 2 N–H and O–H groups in total. The summed E-state index contributed by atoms with van der Waals surface area (Å²) < 4.78 is 0. The molecule has 1 atom stereocenters. The van der Waals surface area contributed by atoms with Gasteiger partial charge in [0.05, 0.1) is 0 Å². The zero-order chi connectivity index (χ0) is 11.0. The second kappa shape index (κ2) is 7.80. The third-order valence-corrected chi connectivity index (χ3v) is 2.17.